The third-order valence-corrected chi connectivity index (χ3v) is 2.03. The molecular weight excluding hydrogens is 180 g/mol. The highest BCUT2D eigenvalue weighted by molar-refractivity contribution is 5.98. The molecule has 0 amide bonds. The maximum atomic E-state index is 8.81. The molecule has 1 aliphatic rings. The summed E-state index contributed by atoms with van der Waals surface area (Å²) >= 11 is 0. The van der Waals surface area contributed by atoms with Crippen molar-refractivity contribution in [2.75, 3.05) is 13.2 Å². The van der Waals surface area contributed by atoms with Crippen LogP contribution in [-0.4, -0.2) is 30.2 Å². The highest BCUT2D eigenvalue weighted by Crippen LogP contribution is 2.04. The first-order valence-corrected chi connectivity index (χ1v) is 4.52. The van der Waals surface area contributed by atoms with Crippen molar-refractivity contribution < 1.29 is 9.94 Å². The van der Waals surface area contributed by atoms with Gasteiger partial charge < -0.3 is 5.11 Å². The lowest BCUT2D eigenvalue weighted by atomic mass is 10.2. The second kappa shape index (κ2) is 4.21. The second-order valence-corrected chi connectivity index (χ2v) is 3.08. The van der Waals surface area contributed by atoms with Gasteiger partial charge in [0.1, 0.15) is 6.10 Å². The van der Waals surface area contributed by atoms with Crippen molar-refractivity contribution in [3.8, 4) is 0 Å². The van der Waals surface area contributed by atoms with Crippen molar-refractivity contribution in [2.24, 2.45) is 4.99 Å². The lowest BCUT2D eigenvalue weighted by Crippen LogP contribution is -2.39. The maximum absolute atomic E-state index is 8.81. The molecule has 1 atom stereocenters. The molecule has 4 nitrogen and oxygen atoms in total. The van der Waals surface area contributed by atoms with Gasteiger partial charge in [-0.05, 0) is 0 Å². The van der Waals surface area contributed by atoms with E-state index in [1.807, 2.05) is 30.3 Å². The number of amidine groups is 1. The summed E-state index contributed by atoms with van der Waals surface area (Å²) in [7, 11) is 0. The molecule has 1 heterocycles. The van der Waals surface area contributed by atoms with E-state index in [-0.39, 0.29) is 12.7 Å². The van der Waals surface area contributed by atoms with E-state index in [4.69, 9.17) is 9.94 Å². The largest absolute Gasteiger partial charge is 0.393 e. The fourth-order valence-corrected chi connectivity index (χ4v) is 1.24. The molecule has 0 spiro atoms. The van der Waals surface area contributed by atoms with Gasteiger partial charge in [0.2, 0.25) is 0 Å². The predicted molar refractivity (Wildman–Crippen MR) is 52.9 cm³/mol. The fraction of sp³-hybridized carbons (Fsp3) is 0.300. The fourth-order valence-electron chi connectivity index (χ4n) is 1.24. The van der Waals surface area contributed by atoms with Crippen LogP contribution in [0, 0.1) is 0 Å². The SMILES string of the molecule is OC[C@@H]1CN=C(c2ccccc2)NO1. The molecule has 1 aliphatic heterocycles. The van der Waals surface area contributed by atoms with E-state index in [1.54, 1.807) is 0 Å². The number of aliphatic imine (C=N–C) groups is 1. The van der Waals surface area contributed by atoms with E-state index in [1.165, 1.54) is 0 Å². The lowest BCUT2D eigenvalue weighted by molar-refractivity contribution is -0.0238. The Morgan fingerprint density at radius 3 is 2.79 bits per heavy atom. The van der Waals surface area contributed by atoms with E-state index in [0.717, 1.165) is 11.4 Å². The standard InChI is InChI=1S/C10H12N2O2/c13-7-9-6-11-10(12-14-9)8-4-2-1-3-5-8/h1-5,9,13H,6-7H2,(H,11,12)/t9-/m0/s1. The predicted octanol–water partition coefficient (Wildman–Crippen LogP) is 0.329. The summed E-state index contributed by atoms with van der Waals surface area (Å²) in [6.45, 7) is 0.478. The summed E-state index contributed by atoms with van der Waals surface area (Å²) in [5.41, 5.74) is 3.72. The smallest absolute Gasteiger partial charge is 0.152 e. The van der Waals surface area contributed by atoms with Gasteiger partial charge in [-0.1, -0.05) is 30.3 Å². The molecule has 2 rings (SSSR count). The van der Waals surface area contributed by atoms with E-state index in [9.17, 15) is 0 Å². The highest BCUT2D eigenvalue weighted by atomic mass is 16.7. The van der Waals surface area contributed by atoms with Gasteiger partial charge in [-0.2, -0.15) is 0 Å². The van der Waals surface area contributed by atoms with Gasteiger partial charge in [-0.3, -0.25) is 9.83 Å². The van der Waals surface area contributed by atoms with Crippen LogP contribution in [0.5, 0.6) is 0 Å². The van der Waals surface area contributed by atoms with Crippen LogP contribution in [0.15, 0.2) is 35.3 Å². The number of benzene rings is 1. The molecule has 2 N–H and O–H groups in total. The zero-order valence-electron chi connectivity index (χ0n) is 7.68. The molecule has 0 aliphatic carbocycles. The summed E-state index contributed by atoms with van der Waals surface area (Å²) in [4.78, 5) is 9.44. The average molecular weight is 192 g/mol. The Kier molecular flexibility index (Phi) is 2.76. The summed E-state index contributed by atoms with van der Waals surface area (Å²) in [5, 5.41) is 8.81. The molecule has 14 heavy (non-hydrogen) atoms. The van der Waals surface area contributed by atoms with Gasteiger partial charge in [-0.25, -0.2) is 5.48 Å². The van der Waals surface area contributed by atoms with Crippen molar-refractivity contribution in [3.63, 3.8) is 0 Å². The molecule has 0 unspecified atom stereocenters. The van der Waals surface area contributed by atoms with Gasteiger partial charge in [0, 0.05) is 5.56 Å². The normalized spacial score (nSPS) is 21.2. The van der Waals surface area contributed by atoms with Crippen LogP contribution < -0.4 is 5.48 Å². The van der Waals surface area contributed by atoms with E-state index in [2.05, 4.69) is 10.5 Å². The summed E-state index contributed by atoms with van der Waals surface area (Å²) in [6, 6.07) is 9.74. The van der Waals surface area contributed by atoms with Crippen LogP contribution in [0.3, 0.4) is 0 Å². The molecule has 1 aromatic rings. The molecule has 0 saturated carbocycles. The zero-order chi connectivity index (χ0) is 9.80. The van der Waals surface area contributed by atoms with Crippen molar-refractivity contribution in [1.82, 2.24) is 5.48 Å². The Hall–Kier alpha value is -1.39. The molecule has 74 valence electrons. The summed E-state index contributed by atoms with van der Waals surface area (Å²) < 4.78 is 0. The van der Waals surface area contributed by atoms with Crippen molar-refractivity contribution >= 4 is 5.84 Å². The number of hydroxylamine groups is 1. The quantitative estimate of drug-likeness (QED) is 0.710. The van der Waals surface area contributed by atoms with Gasteiger partial charge >= 0.3 is 0 Å². The highest BCUT2D eigenvalue weighted by Gasteiger charge is 2.15. The minimum Gasteiger partial charge on any atom is -0.393 e. The maximum Gasteiger partial charge on any atom is 0.152 e. The third kappa shape index (κ3) is 1.92. The van der Waals surface area contributed by atoms with Crippen LogP contribution >= 0.6 is 0 Å². The molecule has 1 aromatic carbocycles. The van der Waals surface area contributed by atoms with E-state index < -0.39 is 0 Å². The number of nitrogens with one attached hydrogen (secondary N) is 1. The molecule has 0 saturated heterocycles. The van der Waals surface area contributed by atoms with Crippen molar-refractivity contribution in [1.29, 1.82) is 0 Å². The molecule has 4 heteroatoms. The zero-order valence-corrected chi connectivity index (χ0v) is 7.68. The first kappa shape index (κ1) is 9.18. The Morgan fingerprint density at radius 2 is 2.21 bits per heavy atom. The Balaban J connectivity index is 2.11. The molecular formula is C10H12N2O2. The number of aliphatic hydroxyl groups excluding tert-OH is 1. The Morgan fingerprint density at radius 1 is 1.43 bits per heavy atom. The van der Waals surface area contributed by atoms with Gasteiger partial charge in [0.15, 0.2) is 5.84 Å². The van der Waals surface area contributed by atoms with Crippen LogP contribution in [0.25, 0.3) is 0 Å². The van der Waals surface area contributed by atoms with Crippen molar-refractivity contribution in [3.05, 3.63) is 35.9 Å². The van der Waals surface area contributed by atoms with Gasteiger partial charge in [0.05, 0.1) is 13.2 Å². The third-order valence-electron chi connectivity index (χ3n) is 2.03. The summed E-state index contributed by atoms with van der Waals surface area (Å²) in [6.07, 6.45) is -0.234. The topological polar surface area (TPSA) is 53.9 Å². The number of nitrogens with zero attached hydrogens (tertiary/aromatic N) is 1. The van der Waals surface area contributed by atoms with E-state index in [0.29, 0.717) is 6.54 Å². The number of hydrogen-bond donors (Lipinski definition) is 2. The summed E-state index contributed by atoms with van der Waals surface area (Å²) in [5.74, 6) is 0.718. The van der Waals surface area contributed by atoms with Gasteiger partial charge in [-0.15, -0.1) is 0 Å². The molecule has 0 radical (unpaired) electrons. The van der Waals surface area contributed by atoms with Crippen LogP contribution in [0.1, 0.15) is 5.56 Å². The monoisotopic (exact) mass is 192 g/mol. The first-order chi connectivity index (χ1) is 6.90. The average Bonchev–Trinajstić information content (AvgIpc) is 2.30. The minimum absolute atomic E-state index is 0.0153. The van der Waals surface area contributed by atoms with Crippen molar-refractivity contribution in [2.45, 2.75) is 6.10 Å². The molecule has 0 fully saturated rings. The minimum atomic E-state index is -0.234. The van der Waals surface area contributed by atoms with Crippen LogP contribution in [0.4, 0.5) is 0 Å². The number of aliphatic hydroxyl groups is 1. The number of hydrogen-bond acceptors (Lipinski definition) is 4. The molecule has 0 bridgehead atoms. The van der Waals surface area contributed by atoms with E-state index >= 15 is 0 Å². The lowest BCUT2D eigenvalue weighted by Gasteiger charge is -2.21. The Labute approximate surface area is 82.2 Å². The number of rotatable bonds is 2. The van der Waals surface area contributed by atoms with Gasteiger partial charge in [0.25, 0.3) is 0 Å². The second-order valence-electron chi connectivity index (χ2n) is 3.08. The van der Waals surface area contributed by atoms with Crippen LogP contribution in [-0.2, 0) is 4.84 Å². The first-order valence-electron chi connectivity index (χ1n) is 4.52. The molecule has 0 aromatic heterocycles. The Bertz CT molecular complexity index is 324. The van der Waals surface area contributed by atoms with Crippen LogP contribution in [0.2, 0.25) is 0 Å².